The van der Waals surface area contributed by atoms with Crippen molar-refractivity contribution in [3.05, 3.63) is 0 Å². The Kier molecular flexibility index (Phi) is 2.94. The summed E-state index contributed by atoms with van der Waals surface area (Å²) in [6.07, 6.45) is 6.95. The van der Waals surface area contributed by atoms with Gasteiger partial charge in [0.25, 0.3) is 0 Å². The van der Waals surface area contributed by atoms with Gasteiger partial charge in [-0.3, -0.25) is 0 Å². The molecule has 0 aliphatic heterocycles. The van der Waals surface area contributed by atoms with E-state index < -0.39 is 0 Å². The summed E-state index contributed by atoms with van der Waals surface area (Å²) in [7, 11) is 0. The molecule has 0 atom stereocenters. The summed E-state index contributed by atoms with van der Waals surface area (Å²) >= 11 is 0. The highest BCUT2D eigenvalue weighted by molar-refractivity contribution is 4.82. The number of rotatable bonds is 3. The van der Waals surface area contributed by atoms with Gasteiger partial charge in [-0.15, -0.1) is 0 Å². The molecular formula is C10H21N. The maximum absolute atomic E-state index is 5.58. The van der Waals surface area contributed by atoms with Gasteiger partial charge < -0.3 is 5.73 Å². The summed E-state index contributed by atoms with van der Waals surface area (Å²) in [6, 6.07) is 0. The largest absolute Gasteiger partial charge is 0.330 e. The van der Waals surface area contributed by atoms with Crippen molar-refractivity contribution in [1.82, 2.24) is 0 Å². The van der Waals surface area contributed by atoms with Crippen LogP contribution in [0.1, 0.15) is 46.0 Å². The molecule has 66 valence electrons. The van der Waals surface area contributed by atoms with Crippen LogP contribution < -0.4 is 5.73 Å². The van der Waals surface area contributed by atoms with Crippen molar-refractivity contribution in [1.29, 1.82) is 0 Å². The molecule has 2 N–H and O–H groups in total. The monoisotopic (exact) mass is 155 g/mol. The van der Waals surface area contributed by atoms with Crippen LogP contribution in [0.15, 0.2) is 0 Å². The molecular weight excluding hydrogens is 134 g/mol. The average Bonchev–Trinajstić information content (AvgIpc) is 2.37. The second-order valence-electron chi connectivity index (χ2n) is 4.51. The minimum Gasteiger partial charge on any atom is -0.330 e. The van der Waals surface area contributed by atoms with E-state index in [0.29, 0.717) is 5.41 Å². The first kappa shape index (κ1) is 9.05. The Morgan fingerprint density at radius 3 is 2.27 bits per heavy atom. The van der Waals surface area contributed by atoms with E-state index in [1.54, 1.807) is 0 Å². The van der Waals surface area contributed by atoms with E-state index in [1.165, 1.54) is 32.1 Å². The van der Waals surface area contributed by atoms with Crippen molar-refractivity contribution in [2.45, 2.75) is 46.0 Å². The highest BCUT2D eigenvalue weighted by Crippen LogP contribution is 2.41. The molecule has 0 saturated heterocycles. The predicted octanol–water partition coefficient (Wildman–Crippen LogP) is 2.55. The maximum atomic E-state index is 5.58. The van der Waals surface area contributed by atoms with Crippen molar-refractivity contribution in [2.75, 3.05) is 6.54 Å². The third kappa shape index (κ3) is 2.19. The van der Waals surface area contributed by atoms with Crippen molar-refractivity contribution in [3.8, 4) is 0 Å². The molecule has 0 aromatic carbocycles. The minimum absolute atomic E-state index is 0.505. The second-order valence-corrected chi connectivity index (χ2v) is 4.51. The molecule has 1 heteroatoms. The first-order valence-corrected chi connectivity index (χ1v) is 4.87. The minimum atomic E-state index is 0.505. The lowest BCUT2D eigenvalue weighted by Crippen LogP contribution is -2.24. The van der Waals surface area contributed by atoms with Gasteiger partial charge in [0.05, 0.1) is 0 Å². The number of hydrogen-bond acceptors (Lipinski definition) is 1. The molecule has 1 saturated carbocycles. The van der Waals surface area contributed by atoms with E-state index in [0.717, 1.165) is 12.5 Å². The van der Waals surface area contributed by atoms with E-state index in [1.807, 2.05) is 0 Å². The predicted molar refractivity (Wildman–Crippen MR) is 49.4 cm³/mol. The Morgan fingerprint density at radius 1 is 1.27 bits per heavy atom. The molecule has 1 rings (SSSR count). The van der Waals surface area contributed by atoms with Gasteiger partial charge in [0, 0.05) is 0 Å². The molecule has 0 spiro atoms. The molecule has 1 nitrogen and oxygen atoms in total. The summed E-state index contributed by atoms with van der Waals surface area (Å²) in [6.45, 7) is 5.59. The second kappa shape index (κ2) is 3.57. The van der Waals surface area contributed by atoms with E-state index in [-0.39, 0.29) is 0 Å². The van der Waals surface area contributed by atoms with Crippen LogP contribution in [0.4, 0.5) is 0 Å². The molecule has 0 bridgehead atoms. The third-order valence-corrected chi connectivity index (χ3v) is 3.25. The van der Waals surface area contributed by atoms with Crippen LogP contribution >= 0.6 is 0 Å². The molecule has 1 fully saturated rings. The molecule has 0 aromatic rings. The lowest BCUT2D eigenvalue weighted by molar-refractivity contribution is 0.203. The molecule has 0 amide bonds. The SMILES string of the molecule is CC(C)(CCN)C1CCCC1. The first-order valence-electron chi connectivity index (χ1n) is 4.87. The van der Waals surface area contributed by atoms with Crippen LogP contribution in [-0.2, 0) is 0 Å². The molecule has 1 aliphatic rings. The molecule has 0 radical (unpaired) electrons. The number of hydrogen-bond donors (Lipinski definition) is 1. The fourth-order valence-corrected chi connectivity index (χ4v) is 2.28. The molecule has 1 aliphatic carbocycles. The van der Waals surface area contributed by atoms with E-state index in [4.69, 9.17) is 5.73 Å². The molecule has 0 unspecified atom stereocenters. The summed E-state index contributed by atoms with van der Waals surface area (Å²) < 4.78 is 0. The van der Waals surface area contributed by atoms with Crippen molar-refractivity contribution >= 4 is 0 Å². The lowest BCUT2D eigenvalue weighted by Gasteiger charge is -2.31. The van der Waals surface area contributed by atoms with Crippen LogP contribution in [0.5, 0.6) is 0 Å². The van der Waals surface area contributed by atoms with Crippen molar-refractivity contribution in [2.24, 2.45) is 17.1 Å². The van der Waals surface area contributed by atoms with Gasteiger partial charge in [-0.25, -0.2) is 0 Å². The first-order chi connectivity index (χ1) is 5.17. The maximum Gasteiger partial charge on any atom is -0.00721 e. The Balaban J connectivity index is 2.41. The van der Waals surface area contributed by atoms with Gasteiger partial charge in [-0.2, -0.15) is 0 Å². The summed E-state index contributed by atoms with van der Waals surface area (Å²) in [5.41, 5.74) is 6.09. The lowest BCUT2D eigenvalue weighted by atomic mass is 9.75. The van der Waals surface area contributed by atoms with Gasteiger partial charge in [0.1, 0.15) is 0 Å². The van der Waals surface area contributed by atoms with Crippen molar-refractivity contribution in [3.63, 3.8) is 0 Å². The average molecular weight is 155 g/mol. The fraction of sp³-hybridized carbons (Fsp3) is 1.00. The summed E-state index contributed by atoms with van der Waals surface area (Å²) in [5.74, 6) is 0.950. The quantitative estimate of drug-likeness (QED) is 0.666. The molecule has 0 heterocycles. The number of nitrogens with two attached hydrogens (primary N) is 1. The Labute approximate surface area is 70.4 Å². The fourth-order valence-electron chi connectivity index (χ4n) is 2.28. The normalized spacial score (nSPS) is 21.0. The standard InChI is InChI=1S/C10H21N/c1-10(2,7-8-11)9-5-3-4-6-9/h9H,3-8,11H2,1-2H3. The zero-order chi connectivity index (χ0) is 8.32. The smallest absolute Gasteiger partial charge is 0.00721 e. The van der Waals surface area contributed by atoms with E-state index in [2.05, 4.69) is 13.8 Å². The molecule has 11 heavy (non-hydrogen) atoms. The van der Waals surface area contributed by atoms with Crippen LogP contribution in [0.3, 0.4) is 0 Å². The van der Waals surface area contributed by atoms with Crippen molar-refractivity contribution < 1.29 is 0 Å². The van der Waals surface area contributed by atoms with Gasteiger partial charge in [-0.05, 0) is 37.1 Å². The van der Waals surface area contributed by atoms with E-state index in [9.17, 15) is 0 Å². The third-order valence-electron chi connectivity index (χ3n) is 3.25. The van der Waals surface area contributed by atoms with Gasteiger partial charge in [0.2, 0.25) is 0 Å². The van der Waals surface area contributed by atoms with Gasteiger partial charge in [-0.1, -0.05) is 26.7 Å². The zero-order valence-corrected chi connectivity index (χ0v) is 7.90. The van der Waals surface area contributed by atoms with Gasteiger partial charge in [0.15, 0.2) is 0 Å². The Bertz CT molecular complexity index is 112. The van der Waals surface area contributed by atoms with Crippen LogP contribution in [0, 0.1) is 11.3 Å². The Morgan fingerprint density at radius 2 is 1.82 bits per heavy atom. The Hall–Kier alpha value is -0.0400. The zero-order valence-electron chi connectivity index (χ0n) is 7.90. The highest BCUT2D eigenvalue weighted by Gasteiger charge is 2.30. The van der Waals surface area contributed by atoms with Crippen LogP contribution in [0.25, 0.3) is 0 Å². The van der Waals surface area contributed by atoms with Gasteiger partial charge >= 0.3 is 0 Å². The van der Waals surface area contributed by atoms with Crippen LogP contribution in [-0.4, -0.2) is 6.54 Å². The topological polar surface area (TPSA) is 26.0 Å². The van der Waals surface area contributed by atoms with E-state index >= 15 is 0 Å². The van der Waals surface area contributed by atoms with Crippen LogP contribution in [0.2, 0.25) is 0 Å². The molecule has 0 aromatic heterocycles. The summed E-state index contributed by atoms with van der Waals surface area (Å²) in [4.78, 5) is 0. The summed E-state index contributed by atoms with van der Waals surface area (Å²) in [5, 5.41) is 0. The highest BCUT2D eigenvalue weighted by atomic mass is 14.5.